The summed E-state index contributed by atoms with van der Waals surface area (Å²) >= 11 is 0. The highest BCUT2D eigenvalue weighted by Crippen LogP contribution is 2.29. The first kappa shape index (κ1) is 20.3. The average molecular weight is 408 g/mol. The molecule has 1 atom stereocenters. The average Bonchev–Trinajstić information content (AvgIpc) is 3.42. The zero-order valence-corrected chi connectivity index (χ0v) is 17.3. The van der Waals surface area contributed by atoms with Crippen molar-refractivity contribution in [2.75, 3.05) is 18.6 Å². The van der Waals surface area contributed by atoms with Gasteiger partial charge in [-0.3, -0.25) is 9.59 Å². The normalized spacial score (nSPS) is 19.2. The van der Waals surface area contributed by atoms with Crippen molar-refractivity contribution in [1.29, 1.82) is 0 Å². The molecule has 1 N–H and O–H groups in total. The Morgan fingerprint density at radius 1 is 1.13 bits per heavy atom. The van der Waals surface area contributed by atoms with Crippen LogP contribution < -0.4 is 19.7 Å². The first-order valence-electron chi connectivity index (χ1n) is 10.6. The number of ether oxygens (including phenoxy) is 2. The van der Waals surface area contributed by atoms with Crippen molar-refractivity contribution in [1.82, 2.24) is 5.32 Å². The number of hydrogen-bond donors (Lipinski definition) is 1. The SMILES string of the molecule is COc1cccc(N2CC(C(=O)NCc3ccccc3OC3CCCC3)CC2=O)c1. The second-order valence-corrected chi connectivity index (χ2v) is 7.96. The van der Waals surface area contributed by atoms with Crippen molar-refractivity contribution in [2.24, 2.45) is 5.92 Å². The van der Waals surface area contributed by atoms with E-state index in [9.17, 15) is 9.59 Å². The maximum atomic E-state index is 12.8. The van der Waals surface area contributed by atoms with Gasteiger partial charge in [0.15, 0.2) is 0 Å². The van der Waals surface area contributed by atoms with E-state index in [1.54, 1.807) is 12.0 Å². The van der Waals surface area contributed by atoms with Crippen LogP contribution in [0.1, 0.15) is 37.7 Å². The van der Waals surface area contributed by atoms with Gasteiger partial charge in [0.05, 0.1) is 19.1 Å². The Morgan fingerprint density at radius 2 is 1.93 bits per heavy atom. The number of para-hydroxylation sites is 1. The van der Waals surface area contributed by atoms with Gasteiger partial charge in [0.2, 0.25) is 11.8 Å². The molecule has 2 aromatic rings. The van der Waals surface area contributed by atoms with Crippen molar-refractivity contribution < 1.29 is 19.1 Å². The van der Waals surface area contributed by atoms with Crippen LogP contribution in [0.2, 0.25) is 0 Å². The molecule has 2 aliphatic rings. The third-order valence-corrected chi connectivity index (χ3v) is 5.88. The Balaban J connectivity index is 1.36. The van der Waals surface area contributed by atoms with Crippen LogP contribution in [-0.4, -0.2) is 31.6 Å². The molecule has 6 nitrogen and oxygen atoms in total. The highest BCUT2D eigenvalue weighted by Gasteiger charge is 2.35. The van der Waals surface area contributed by atoms with E-state index in [2.05, 4.69) is 5.32 Å². The Bertz CT molecular complexity index is 908. The molecule has 0 bridgehead atoms. The molecule has 4 rings (SSSR count). The lowest BCUT2D eigenvalue weighted by Crippen LogP contribution is -2.32. The molecule has 1 saturated carbocycles. The van der Waals surface area contributed by atoms with Gasteiger partial charge in [0.1, 0.15) is 11.5 Å². The van der Waals surface area contributed by atoms with Crippen LogP contribution in [0.15, 0.2) is 48.5 Å². The van der Waals surface area contributed by atoms with Gasteiger partial charge < -0.3 is 19.7 Å². The van der Waals surface area contributed by atoms with E-state index in [0.29, 0.717) is 18.8 Å². The predicted molar refractivity (Wildman–Crippen MR) is 115 cm³/mol. The lowest BCUT2D eigenvalue weighted by molar-refractivity contribution is -0.126. The Morgan fingerprint density at radius 3 is 2.73 bits per heavy atom. The van der Waals surface area contributed by atoms with Crippen molar-refractivity contribution >= 4 is 17.5 Å². The van der Waals surface area contributed by atoms with E-state index in [0.717, 1.165) is 29.8 Å². The van der Waals surface area contributed by atoms with E-state index in [1.165, 1.54) is 12.8 Å². The van der Waals surface area contributed by atoms with Crippen LogP contribution in [0.4, 0.5) is 5.69 Å². The number of amides is 2. The van der Waals surface area contributed by atoms with Gasteiger partial charge in [0, 0.05) is 36.8 Å². The fraction of sp³-hybridized carbons (Fsp3) is 0.417. The van der Waals surface area contributed by atoms with Crippen LogP contribution in [0.5, 0.6) is 11.5 Å². The maximum absolute atomic E-state index is 12.8. The van der Waals surface area contributed by atoms with Crippen LogP contribution in [0.25, 0.3) is 0 Å². The Labute approximate surface area is 177 Å². The lowest BCUT2D eigenvalue weighted by Gasteiger charge is -2.18. The molecule has 1 saturated heterocycles. The minimum absolute atomic E-state index is 0.0478. The fourth-order valence-corrected chi connectivity index (χ4v) is 4.19. The molecule has 1 aliphatic heterocycles. The van der Waals surface area contributed by atoms with E-state index in [1.807, 2.05) is 48.5 Å². The number of hydrogen-bond acceptors (Lipinski definition) is 4. The predicted octanol–water partition coefficient (Wildman–Crippen LogP) is 3.69. The van der Waals surface area contributed by atoms with Crippen LogP contribution in [-0.2, 0) is 16.1 Å². The molecule has 0 spiro atoms. The number of nitrogens with zero attached hydrogens (tertiary/aromatic N) is 1. The highest BCUT2D eigenvalue weighted by molar-refractivity contribution is 6.00. The zero-order valence-electron chi connectivity index (χ0n) is 17.3. The number of methoxy groups -OCH3 is 1. The zero-order chi connectivity index (χ0) is 20.9. The fourth-order valence-electron chi connectivity index (χ4n) is 4.19. The summed E-state index contributed by atoms with van der Waals surface area (Å²) in [6.45, 7) is 0.767. The largest absolute Gasteiger partial charge is 0.497 e. The van der Waals surface area contributed by atoms with Gasteiger partial charge in [-0.2, -0.15) is 0 Å². The number of nitrogens with one attached hydrogen (secondary N) is 1. The monoisotopic (exact) mass is 408 g/mol. The Kier molecular flexibility index (Phi) is 6.21. The van der Waals surface area contributed by atoms with Crippen molar-refractivity contribution in [2.45, 2.75) is 44.8 Å². The summed E-state index contributed by atoms with van der Waals surface area (Å²) in [6.07, 6.45) is 5.08. The van der Waals surface area contributed by atoms with E-state index in [-0.39, 0.29) is 30.3 Å². The van der Waals surface area contributed by atoms with Gasteiger partial charge in [0.25, 0.3) is 0 Å². The van der Waals surface area contributed by atoms with Gasteiger partial charge in [-0.15, -0.1) is 0 Å². The molecule has 30 heavy (non-hydrogen) atoms. The molecule has 2 aromatic carbocycles. The number of carbonyl (C=O) groups excluding carboxylic acids is 2. The number of carbonyl (C=O) groups is 2. The number of rotatable bonds is 7. The lowest BCUT2D eigenvalue weighted by atomic mass is 10.1. The van der Waals surface area contributed by atoms with Crippen LogP contribution in [0.3, 0.4) is 0 Å². The van der Waals surface area contributed by atoms with Crippen LogP contribution in [0, 0.1) is 5.92 Å². The maximum Gasteiger partial charge on any atom is 0.227 e. The molecular formula is C24H28N2O4. The first-order valence-corrected chi connectivity index (χ1v) is 10.6. The molecule has 158 valence electrons. The molecular weight excluding hydrogens is 380 g/mol. The number of anilines is 1. The van der Waals surface area contributed by atoms with Crippen molar-refractivity contribution in [3.63, 3.8) is 0 Å². The third kappa shape index (κ3) is 4.58. The first-order chi connectivity index (χ1) is 14.6. The second-order valence-electron chi connectivity index (χ2n) is 7.96. The molecule has 0 radical (unpaired) electrons. The summed E-state index contributed by atoms with van der Waals surface area (Å²) in [7, 11) is 1.59. The summed E-state index contributed by atoms with van der Waals surface area (Å²) < 4.78 is 11.4. The molecule has 1 unspecified atom stereocenters. The summed E-state index contributed by atoms with van der Waals surface area (Å²) in [4.78, 5) is 26.9. The minimum atomic E-state index is -0.369. The highest BCUT2D eigenvalue weighted by atomic mass is 16.5. The summed E-state index contributed by atoms with van der Waals surface area (Å²) in [5.41, 5.74) is 1.72. The molecule has 1 aliphatic carbocycles. The van der Waals surface area contributed by atoms with Gasteiger partial charge >= 0.3 is 0 Å². The molecule has 2 amide bonds. The van der Waals surface area contributed by atoms with Crippen molar-refractivity contribution in [3.8, 4) is 11.5 Å². The molecule has 6 heteroatoms. The van der Waals surface area contributed by atoms with E-state index >= 15 is 0 Å². The standard InChI is InChI=1S/C24H28N2O4/c1-29-21-11-6-8-19(14-21)26-16-18(13-23(26)27)24(28)25-15-17-7-2-5-12-22(17)30-20-9-3-4-10-20/h2,5-8,11-12,14,18,20H,3-4,9-10,13,15-16H2,1H3,(H,25,28). The summed E-state index contributed by atoms with van der Waals surface area (Å²) in [6, 6.07) is 15.2. The summed E-state index contributed by atoms with van der Waals surface area (Å²) in [5, 5.41) is 3.00. The second kappa shape index (κ2) is 9.20. The van der Waals surface area contributed by atoms with Crippen molar-refractivity contribution in [3.05, 3.63) is 54.1 Å². The van der Waals surface area contributed by atoms with E-state index < -0.39 is 0 Å². The molecule has 1 heterocycles. The molecule has 2 fully saturated rings. The van der Waals surface area contributed by atoms with Gasteiger partial charge in [-0.1, -0.05) is 24.3 Å². The Hall–Kier alpha value is -3.02. The minimum Gasteiger partial charge on any atom is -0.497 e. The third-order valence-electron chi connectivity index (χ3n) is 5.88. The van der Waals surface area contributed by atoms with Crippen LogP contribution >= 0.6 is 0 Å². The topological polar surface area (TPSA) is 67.9 Å². The number of benzene rings is 2. The van der Waals surface area contributed by atoms with E-state index in [4.69, 9.17) is 9.47 Å². The van der Waals surface area contributed by atoms with Gasteiger partial charge in [-0.25, -0.2) is 0 Å². The molecule has 0 aromatic heterocycles. The van der Waals surface area contributed by atoms with Gasteiger partial charge in [-0.05, 0) is 43.9 Å². The quantitative estimate of drug-likeness (QED) is 0.759. The summed E-state index contributed by atoms with van der Waals surface area (Å²) in [5.74, 6) is 1.00. The smallest absolute Gasteiger partial charge is 0.227 e.